The van der Waals surface area contributed by atoms with Crippen LogP contribution in [0.4, 0.5) is 13.2 Å². The molecule has 0 aromatic carbocycles. The Morgan fingerprint density at radius 1 is 1.14 bits per heavy atom. The molecule has 5 rings (SSSR count). The Bertz CT molecular complexity index is 886. The number of fused-ring (bicyclic) bond motifs is 3. The molecular weight excluding hydrogens is 413 g/mol. The van der Waals surface area contributed by atoms with E-state index in [9.17, 15) is 26.4 Å². The molecule has 1 aromatic heterocycles. The fourth-order valence-corrected chi connectivity index (χ4v) is 5.26. The maximum absolute atomic E-state index is 13.6. The molecule has 0 radical (unpaired) electrons. The second-order valence-electron chi connectivity index (χ2n) is 7.65. The number of rotatable bonds is 3. The molecule has 1 aromatic rings. The lowest BCUT2D eigenvalue weighted by molar-refractivity contribution is -0.142. The third-order valence-corrected chi connectivity index (χ3v) is 7.36. The molecule has 160 valence electrons. The average Bonchev–Trinajstić information content (AvgIpc) is 2.68. The van der Waals surface area contributed by atoms with E-state index in [0.29, 0.717) is 6.54 Å². The van der Waals surface area contributed by atoms with Crippen LogP contribution >= 0.6 is 0 Å². The summed E-state index contributed by atoms with van der Waals surface area (Å²) >= 11 is 0. The van der Waals surface area contributed by atoms with Crippen molar-refractivity contribution in [2.45, 2.75) is 25.1 Å². The van der Waals surface area contributed by atoms with Gasteiger partial charge in [-0.2, -0.15) is 18.2 Å². The van der Waals surface area contributed by atoms with Gasteiger partial charge in [0.1, 0.15) is 6.10 Å². The quantitative estimate of drug-likeness (QED) is 0.696. The highest BCUT2D eigenvalue weighted by Crippen LogP contribution is 2.34. The molecule has 0 saturated carbocycles. The predicted octanol–water partition coefficient (Wildman–Crippen LogP) is 0.839. The number of aromatic nitrogens is 2. The molecule has 4 saturated heterocycles. The van der Waals surface area contributed by atoms with Gasteiger partial charge in [0.2, 0.25) is 0 Å². The van der Waals surface area contributed by atoms with E-state index < -0.39 is 39.2 Å². The minimum absolute atomic E-state index is 0.156. The van der Waals surface area contributed by atoms with Crippen LogP contribution in [-0.2, 0) is 16.0 Å². The van der Waals surface area contributed by atoms with Gasteiger partial charge < -0.3 is 9.64 Å². The molecule has 12 heteroatoms. The topological polar surface area (TPSA) is 92.7 Å². The number of sulfone groups is 1. The summed E-state index contributed by atoms with van der Waals surface area (Å²) in [7, 11) is -3.27. The Labute approximate surface area is 166 Å². The van der Waals surface area contributed by atoms with Gasteiger partial charge in [-0.25, -0.2) is 13.4 Å². The fraction of sp³-hybridized carbons (Fsp3) is 0.706. The fourth-order valence-electron chi connectivity index (χ4n) is 4.06. The van der Waals surface area contributed by atoms with Crippen LogP contribution in [-0.4, -0.2) is 84.4 Å². The molecule has 8 nitrogen and oxygen atoms in total. The van der Waals surface area contributed by atoms with Crippen molar-refractivity contribution in [3.63, 3.8) is 0 Å². The molecular formula is C17H21F3N4O4S. The highest BCUT2D eigenvalue weighted by molar-refractivity contribution is 7.91. The summed E-state index contributed by atoms with van der Waals surface area (Å²) in [6.45, 7) is 2.22. The summed E-state index contributed by atoms with van der Waals surface area (Å²) in [5.41, 5.74) is -2.06. The molecule has 5 heterocycles. The lowest BCUT2D eigenvalue weighted by atomic mass is 9.86. The SMILES string of the molecule is O=C(c1cnc(OC2CN3CCC2CC3)nc1C(F)(F)F)N1CCS(=O)(=O)CC1. The van der Waals surface area contributed by atoms with Gasteiger partial charge in [0.25, 0.3) is 5.91 Å². The molecule has 29 heavy (non-hydrogen) atoms. The van der Waals surface area contributed by atoms with Crippen LogP contribution in [0.2, 0.25) is 0 Å². The molecule has 4 aliphatic heterocycles. The third-order valence-electron chi connectivity index (χ3n) is 5.75. The zero-order valence-corrected chi connectivity index (χ0v) is 16.4. The van der Waals surface area contributed by atoms with Crippen molar-refractivity contribution in [3.8, 4) is 6.01 Å². The minimum atomic E-state index is -4.87. The first kappa shape index (κ1) is 20.3. The van der Waals surface area contributed by atoms with Crippen molar-refractivity contribution in [2.24, 2.45) is 5.92 Å². The molecule has 0 spiro atoms. The molecule has 1 unspecified atom stereocenters. The summed E-state index contributed by atoms with van der Waals surface area (Å²) in [6.07, 6.45) is -2.47. The zero-order valence-electron chi connectivity index (χ0n) is 15.6. The number of hydrogen-bond acceptors (Lipinski definition) is 7. The Balaban J connectivity index is 1.56. The van der Waals surface area contributed by atoms with E-state index in [2.05, 4.69) is 14.9 Å². The van der Waals surface area contributed by atoms with Crippen LogP contribution in [0, 0.1) is 5.92 Å². The number of halogens is 3. The zero-order chi connectivity index (χ0) is 20.8. The Morgan fingerprint density at radius 3 is 2.34 bits per heavy atom. The molecule has 0 N–H and O–H groups in total. The van der Waals surface area contributed by atoms with Crippen LogP contribution < -0.4 is 4.74 Å². The number of alkyl halides is 3. The Morgan fingerprint density at radius 2 is 1.79 bits per heavy atom. The van der Waals surface area contributed by atoms with Gasteiger partial charge in [-0.1, -0.05) is 0 Å². The Kier molecular flexibility index (Phi) is 5.18. The van der Waals surface area contributed by atoms with Crippen LogP contribution in [0.5, 0.6) is 6.01 Å². The van der Waals surface area contributed by atoms with E-state index >= 15 is 0 Å². The van der Waals surface area contributed by atoms with Crippen LogP contribution in [0.3, 0.4) is 0 Å². The third kappa shape index (κ3) is 4.32. The lowest BCUT2D eigenvalue weighted by Gasteiger charge is -2.43. The first-order valence-corrected chi connectivity index (χ1v) is 11.3. The van der Waals surface area contributed by atoms with Crippen LogP contribution in [0.1, 0.15) is 28.9 Å². The maximum Gasteiger partial charge on any atom is 0.434 e. The van der Waals surface area contributed by atoms with Gasteiger partial charge in [0.05, 0.1) is 17.1 Å². The number of ether oxygens (including phenoxy) is 1. The van der Waals surface area contributed by atoms with Crippen molar-refractivity contribution in [3.05, 3.63) is 17.5 Å². The monoisotopic (exact) mass is 434 g/mol. The van der Waals surface area contributed by atoms with Gasteiger partial charge >= 0.3 is 12.2 Å². The average molecular weight is 434 g/mol. The van der Waals surface area contributed by atoms with Gasteiger partial charge in [0.15, 0.2) is 15.5 Å². The number of hydrogen-bond donors (Lipinski definition) is 0. The van der Waals surface area contributed by atoms with E-state index in [4.69, 9.17) is 4.74 Å². The largest absolute Gasteiger partial charge is 0.458 e. The van der Waals surface area contributed by atoms with Crippen LogP contribution in [0.15, 0.2) is 6.20 Å². The normalized spacial score (nSPS) is 28.9. The van der Waals surface area contributed by atoms with Gasteiger partial charge in [-0.15, -0.1) is 0 Å². The summed E-state index contributed by atoms with van der Waals surface area (Å²) < 4.78 is 69.4. The highest BCUT2D eigenvalue weighted by atomic mass is 32.2. The van der Waals surface area contributed by atoms with E-state index in [0.717, 1.165) is 37.0 Å². The highest BCUT2D eigenvalue weighted by Gasteiger charge is 2.41. The summed E-state index contributed by atoms with van der Waals surface area (Å²) in [6, 6.07) is -0.395. The van der Waals surface area contributed by atoms with Crippen LogP contribution in [0.25, 0.3) is 0 Å². The van der Waals surface area contributed by atoms with Gasteiger partial charge in [-0.3, -0.25) is 9.69 Å². The Hall–Kier alpha value is -1.95. The van der Waals surface area contributed by atoms with E-state index in [1.807, 2.05) is 0 Å². The summed E-state index contributed by atoms with van der Waals surface area (Å²) in [5, 5.41) is 0. The predicted molar refractivity (Wildman–Crippen MR) is 95.2 cm³/mol. The number of piperidine rings is 3. The first-order chi connectivity index (χ1) is 13.6. The van der Waals surface area contributed by atoms with Crippen molar-refractivity contribution in [1.29, 1.82) is 0 Å². The molecule has 4 aliphatic rings. The van der Waals surface area contributed by atoms with E-state index in [1.54, 1.807) is 0 Å². The van der Waals surface area contributed by atoms with E-state index in [-0.39, 0.29) is 36.6 Å². The van der Waals surface area contributed by atoms with E-state index in [1.165, 1.54) is 0 Å². The first-order valence-electron chi connectivity index (χ1n) is 9.45. The van der Waals surface area contributed by atoms with Crippen molar-refractivity contribution in [2.75, 3.05) is 44.2 Å². The maximum atomic E-state index is 13.6. The number of carbonyl (C=O) groups excluding carboxylic acids is 1. The molecule has 0 aliphatic carbocycles. The number of nitrogens with zero attached hydrogens (tertiary/aromatic N) is 4. The molecule has 1 amide bonds. The van der Waals surface area contributed by atoms with Crippen molar-refractivity contribution >= 4 is 15.7 Å². The molecule has 1 atom stereocenters. The second-order valence-corrected chi connectivity index (χ2v) is 9.95. The lowest BCUT2D eigenvalue weighted by Crippen LogP contribution is -2.52. The standard InChI is InChI=1S/C17H21F3N4O4S/c18-17(19,20)14-12(15(25)24-5-7-29(26,27)8-6-24)9-21-16(22-14)28-13-10-23-3-1-11(13)2-4-23/h9,11,13H,1-8,10H2. The minimum Gasteiger partial charge on any atom is -0.458 e. The van der Waals surface area contributed by atoms with Crippen molar-refractivity contribution in [1.82, 2.24) is 19.8 Å². The summed E-state index contributed by atoms with van der Waals surface area (Å²) in [4.78, 5) is 23.2. The van der Waals surface area contributed by atoms with Gasteiger partial charge in [0, 0.05) is 25.8 Å². The van der Waals surface area contributed by atoms with Gasteiger partial charge in [-0.05, 0) is 31.8 Å². The number of amides is 1. The molecule has 2 bridgehead atoms. The van der Waals surface area contributed by atoms with Crippen molar-refractivity contribution < 1.29 is 31.1 Å². The molecule has 4 fully saturated rings. The number of carbonyl (C=O) groups is 1. The second kappa shape index (κ2) is 7.38. The smallest absolute Gasteiger partial charge is 0.434 e. The summed E-state index contributed by atoms with van der Waals surface area (Å²) in [5.74, 6) is -1.22.